The van der Waals surface area contributed by atoms with Gasteiger partial charge in [-0.25, -0.2) is 0 Å². The van der Waals surface area contributed by atoms with Crippen molar-refractivity contribution in [1.29, 1.82) is 0 Å². The monoisotopic (exact) mass is 353 g/mol. The fourth-order valence-electron chi connectivity index (χ4n) is 0. The van der Waals surface area contributed by atoms with Crippen molar-refractivity contribution >= 4 is 0 Å². The van der Waals surface area contributed by atoms with E-state index in [0.717, 1.165) is 17.8 Å². The number of hydrogen-bond donors (Lipinski definition) is 0. The van der Waals surface area contributed by atoms with E-state index in [-0.39, 0.29) is 7.43 Å². The largest absolute Gasteiger partial charge is 0.0776 e. The van der Waals surface area contributed by atoms with Crippen molar-refractivity contribution in [2.75, 3.05) is 0 Å². The highest BCUT2D eigenvalue weighted by Crippen LogP contribution is 1.81. The molecule has 160 valence electrons. The Balaban J connectivity index is -0.0000000208. The molecule has 0 saturated heterocycles. The molecular formula is C24H64. The summed E-state index contributed by atoms with van der Waals surface area (Å²) in [6.45, 7) is 36.2. The minimum absolute atomic E-state index is 0. The minimum Gasteiger partial charge on any atom is -0.0776 e. The first-order valence-corrected chi connectivity index (χ1v) is 10.4. The number of hydrogen-bond acceptors (Lipinski definition) is 0. The van der Waals surface area contributed by atoms with E-state index in [4.69, 9.17) is 0 Å². The van der Waals surface area contributed by atoms with Crippen molar-refractivity contribution < 1.29 is 0 Å². The van der Waals surface area contributed by atoms with E-state index in [9.17, 15) is 0 Å². The summed E-state index contributed by atoms with van der Waals surface area (Å²) in [7, 11) is 0. The average molecular weight is 353 g/mol. The van der Waals surface area contributed by atoms with Crippen LogP contribution in [0.5, 0.6) is 0 Å². The van der Waals surface area contributed by atoms with Crippen molar-refractivity contribution in [3.05, 3.63) is 0 Å². The van der Waals surface area contributed by atoms with Gasteiger partial charge in [-0.2, -0.15) is 0 Å². The van der Waals surface area contributed by atoms with Crippen LogP contribution >= 0.6 is 0 Å². The maximum absolute atomic E-state index is 2.17. The molecule has 0 aromatic heterocycles. The van der Waals surface area contributed by atoms with E-state index in [2.05, 4.69) is 104 Å². The zero-order valence-electron chi connectivity index (χ0n) is 20.9. The SMILES string of the molecule is C.CC.CC(C)C.CC(C)C.CC(C)C.CCC.CCC.CCC. The Morgan fingerprint density at radius 2 is 0.375 bits per heavy atom. The van der Waals surface area contributed by atoms with E-state index in [1.807, 2.05) is 13.8 Å². The Hall–Kier alpha value is 0. The van der Waals surface area contributed by atoms with Crippen LogP contribution in [0, 0.1) is 17.8 Å². The highest BCUT2D eigenvalue weighted by molar-refractivity contribution is 4.21. The lowest BCUT2D eigenvalue weighted by molar-refractivity contribution is 0.736. The molecule has 0 unspecified atom stereocenters. The highest BCUT2D eigenvalue weighted by atomic mass is 13.8. The van der Waals surface area contributed by atoms with Gasteiger partial charge in [0, 0.05) is 0 Å². The van der Waals surface area contributed by atoms with E-state index in [1.54, 1.807) is 0 Å². The second-order valence-corrected chi connectivity index (χ2v) is 7.32. The lowest BCUT2D eigenvalue weighted by Crippen LogP contribution is -1.66. The lowest BCUT2D eigenvalue weighted by atomic mass is 10.3. The molecule has 0 rings (SSSR count). The van der Waals surface area contributed by atoms with Gasteiger partial charge in [0.25, 0.3) is 0 Å². The van der Waals surface area contributed by atoms with Crippen molar-refractivity contribution in [2.24, 2.45) is 17.8 Å². The smallest absolute Gasteiger partial charge is 0.0500 e. The van der Waals surface area contributed by atoms with E-state index >= 15 is 0 Å². The van der Waals surface area contributed by atoms with E-state index in [0.29, 0.717) is 0 Å². The number of rotatable bonds is 0. The molecule has 0 heterocycles. The summed E-state index contributed by atoms with van der Waals surface area (Å²) in [6, 6.07) is 0. The molecule has 0 atom stereocenters. The minimum atomic E-state index is 0. The summed E-state index contributed by atoms with van der Waals surface area (Å²) in [5.74, 6) is 2.50. The fourth-order valence-corrected chi connectivity index (χ4v) is 0. The Labute approximate surface area is 162 Å². The van der Waals surface area contributed by atoms with Gasteiger partial charge in [-0.1, -0.05) is 144 Å². The Morgan fingerprint density at radius 1 is 0.375 bits per heavy atom. The van der Waals surface area contributed by atoms with Crippen molar-refractivity contribution in [3.8, 4) is 0 Å². The van der Waals surface area contributed by atoms with Crippen molar-refractivity contribution in [2.45, 2.75) is 144 Å². The summed E-state index contributed by atoms with van der Waals surface area (Å²) in [6.07, 6.45) is 3.75. The van der Waals surface area contributed by atoms with Gasteiger partial charge >= 0.3 is 0 Å². The normalized spacial score (nSPS) is 7.00. The van der Waals surface area contributed by atoms with Crippen LogP contribution in [0.1, 0.15) is 144 Å². The van der Waals surface area contributed by atoms with Crippen LogP contribution in [-0.4, -0.2) is 0 Å². The molecule has 0 spiro atoms. The maximum Gasteiger partial charge on any atom is -0.0500 e. The summed E-state index contributed by atoms with van der Waals surface area (Å²) in [4.78, 5) is 0. The molecule has 0 aliphatic carbocycles. The molecule has 0 nitrogen and oxygen atoms in total. The van der Waals surface area contributed by atoms with Crippen LogP contribution in [-0.2, 0) is 0 Å². The molecule has 0 aromatic rings. The predicted molar refractivity (Wildman–Crippen MR) is 128 cm³/mol. The summed E-state index contributed by atoms with van der Waals surface area (Å²) in [5.41, 5.74) is 0. The molecule has 0 bridgehead atoms. The molecule has 0 aliphatic heterocycles. The second kappa shape index (κ2) is 77.3. The molecular weight excluding hydrogens is 288 g/mol. The van der Waals surface area contributed by atoms with Crippen LogP contribution in [0.3, 0.4) is 0 Å². The fraction of sp³-hybridized carbons (Fsp3) is 1.00. The third-order valence-corrected chi connectivity index (χ3v) is 0. The molecule has 0 saturated carbocycles. The molecule has 0 heteroatoms. The van der Waals surface area contributed by atoms with Gasteiger partial charge in [0.05, 0.1) is 0 Å². The van der Waals surface area contributed by atoms with Crippen molar-refractivity contribution in [3.63, 3.8) is 0 Å². The Bertz CT molecular complexity index is 52.8. The molecule has 0 radical (unpaired) electrons. The summed E-state index contributed by atoms with van der Waals surface area (Å²) >= 11 is 0. The topological polar surface area (TPSA) is 0 Å². The van der Waals surface area contributed by atoms with Gasteiger partial charge in [0.1, 0.15) is 0 Å². The lowest BCUT2D eigenvalue weighted by Gasteiger charge is -1.79. The zero-order valence-corrected chi connectivity index (χ0v) is 20.9. The Morgan fingerprint density at radius 3 is 0.375 bits per heavy atom. The van der Waals surface area contributed by atoms with Crippen molar-refractivity contribution in [1.82, 2.24) is 0 Å². The van der Waals surface area contributed by atoms with E-state index in [1.165, 1.54) is 19.3 Å². The van der Waals surface area contributed by atoms with Gasteiger partial charge in [-0.3, -0.25) is 0 Å². The van der Waals surface area contributed by atoms with Crippen LogP contribution in [0.4, 0.5) is 0 Å². The second-order valence-electron chi connectivity index (χ2n) is 7.32. The quantitative estimate of drug-likeness (QED) is 0.406. The standard InChI is InChI=1S/3C4H10.3C3H8.C2H6.CH4/c3*1-4(2)3;3*1-3-2;1-2;/h3*4H,1-3H3;3*3H2,1-2H3;1-2H3;1H4. The molecule has 0 aromatic carbocycles. The predicted octanol–water partition coefficient (Wildman–Crippen LogP) is 10.9. The summed E-state index contributed by atoms with van der Waals surface area (Å²) in [5, 5.41) is 0. The molecule has 24 heavy (non-hydrogen) atoms. The maximum atomic E-state index is 2.17. The molecule has 0 aliphatic rings. The third-order valence-electron chi connectivity index (χ3n) is 0. The van der Waals surface area contributed by atoms with E-state index < -0.39 is 0 Å². The third kappa shape index (κ3) is 0. The van der Waals surface area contributed by atoms with Crippen LogP contribution in [0.2, 0.25) is 0 Å². The average Bonchev–Trinajstić information content (AvgIpc) is 2.31. The zero-order chi connectivity index (χ0) is 20.9. The van der Waals surface area contributed by atoms with Gasteiger partial charge < -0.3 is 0 Å². The van der Waals surface area contributed by atoms with Gasteiger partial charge in [-0.15, -0.1) is 0 Å². The van der Waals surface area contributed by atoms with Crippen LogP contribution < -0.4 is 0 Å². The van der Waals surface area contributed by atoms with Gasteiger partial charge in [0.15, 0.2) is 0 Å². The first-order chi connectivity index (χ1) is 10.4. The Kier molecular flexibility index (Phi) is 160. The van der Waals surface area contributed by atoms with Gasteiger partial charge in [0.2, 0.25) is 0 Å². The first-order valence-electron chi connectivity index (χ1n) is 10.4. The first kappa shape index (κ1) is 49.6. The molecule has 0 fully saturated rings. The molecule has 0 amide bonds. The van der Waals surface area contributed by atoms with Gasteiger partial charge in [-0.05, 0) is 17.8 Å². The highest BCUT2D eigenvalue weighted by Gasteiger charge is 1.68. The molecule has 0 N–H and O–H groups in total. The van der Waals surface area contributed by atoms with Crippen LogP contribution in [0.15, 0.2) is 0 Å². The van der Waals surface area contributed by atoms with Crippen LogP contribution in [0.25, 0.3) is 0 Å². The summed E-state index contributed by atoms with van der Waals surface area (Å²) < 4.78 is 0.